The molecule has 0 bridgehead atoms. The Morgan fingerprint density at radius 1 is 0.644 bits per heavy atom. The number of fused-ring (bicyclic) bond motifs is 4. The van der Waals surface area contributed by atoms with Crippen molar-refractivity contribution >= 4 is 127 Å². The Bertz CT molecular complexity index is 3790. The summed E-state index contributed by atoms with van der Waals surface area (Å²) < 4.78 is 72.5. The van der Waals surface area contributed by atoms with E-state index in [0.717, 1.165) is 15.6 Å². The molecule has 8 aromatic rings. The molecule has 0 aliphatic heterocycles. The van der Waals surface area contributed by atoms with Crippen molar-refractivity contribution in [3.8, 4) is 22.8 Å². The number of nitrogens with one attached hydrogen (secondary N) is 1. The molecule has 0 aliphatic rings. The van der Waals surface area contributed by atoms with E-state index in [-0.39, 0.29) is 60.7 Å². The maximum atomic E-state index is 13.5. The lowest BCUT2D eigenvalue weighted by Crippen LogP contribution is -2.27. The zero-order valence-corrected chi connectivity index (χ0v) is 46.5. The average Bonchev–Trinajstić information content (AvgIpc) is 3.75. The minimum atomic E-state index is -3.84. The fraction of sp³-hybridized carbons (Fsp3) is 0.314. The van der Waals surface area contributed by atoms with Gasteiger partial charge < -0.3 is 14.2 Å². The third kappa shape index (κ3) is 11.5. The van der Waals surface area contributed by atoms with Gasteiger partial charge in [-0.1, -0.05) is 65.1 Å². The van der Waals surface area contributed by atoms with Crippen LogP contribution in [0.25, 0.3) is 66.6 Å². The second-order valence-electron chi connectivity index (χ2n) is 18.8. The van der Waals surface area contributed by atoms with Gasteiger partial charge in [0.15, 0.2) is 19.7 Å². The van der Waals surface area contributed by atoms with Gasteiger partial charge in [0.2, 0.25) is 0 Å². The van der Waals surface area contributed by atoms with Crippen molar-refractivity contribution in [2.75, 3.05) is 23.4 Å². The summed E-state index contributed by atoms with van der Waals surface area (Å²) >= 11 is 17.0. The first-order valence-corrected chi connectivity index (χ1v) is 27.7. The zero-order valence-electron chi connectivity index (χ0n) is 41.8. The van der Waals surface area contributed by atoms with Gasteiger partial charge in [0.25, 0.3) is 0 Å². The van der Waals surface area contributed by atoms with E-state index < -0.39 is 49.2 Å². The molecule has 0 saturated carbocycles. The fourth-order valence-electron chi connectivity index (χ4n) is 7.62. The number of nitrogens with zero attached hydrogens (tertiary/aromatic N) is 6. The molecule has 0 atom stereocenters. The first-order chi connectivity index (χ1) is 34.1. The molecule has 1 amide bonds. The Hall–Kier alpha value is -6.19. The highest BCUT2D eigenvalue weighted by atomic mass is 79.9. The molecular formula is C51H52BrCl2N7O10S2. The number of amides is 1. The van der Waals surface area contributed by atoms with Gasteiger partial charge in [-0.15, -0.1) is 0 Å². The highest BCUT2D eigenvalue weighted by molar-refractivity contribution is 9.10. The number of benzene rings is 2. The molecule has 0 spiro atoms. The van der Waals surface area contributed by atoms with Crippen molar-refractivity contribution in [1.82, 2.24) is 29.1 Å². The molecule has 1 N–H and O–H groups in total. The lowest BCUT2D eigenvalue weighted by Gasteiger charge is -2.21. The predicted octanol–water partition coefficient (Wildman–Crippen LogP) is 12.9. The van der Waals surface area contributed by atoms with Crippen LogP contribution in [0.3, 0.4) is 0 Å². The van der Waals surface area contributed by atoms with Crippen molar-refractivity contribution in [2.45, 2.75) is 97.2 Å². The first kappa shape index (κ1) is 54.6. The second-order valence-corrected chi connectivity index (χ2v) is 24.9. The van der Waals surface area contributed by atoms with Crippen molar-refractivity contribution in [1.29, 1.82) is 0 Å². The lowest BCUT2D eigenvalue weighted by molar-refractivity contribution is 0.0535. The molecule has 0 saturated heterocycles. The summed E-state index contributed by atoms with van der Waals surface area (Å²) in [6.07, 6.45) is 1.12. The summed E-state index contributed by atoms with van der Waals surface area (Å²) in [5.74, 6) is -0.358. The van der Waals surface area contributed by atoms with Crippen molar-refractivity contribution in [3.63, 3.8) is 0 Å². The van der Waals surface area contributed by atoms with Crippen LogP contribution < -0.4 is 5.32 Å². The molecule has 0 aliphatic carbocycles. The molecule has 6 aromatic heterocycles. The minimum Gasteiger partial charge on any atom is -0.450 e. The van der Waals surface area contributed by atoms with Crippen molar-refractivity contribution in [2.24, 2.45) is 0 Å². The number of rotatable bonds is 8. The lowest BCUT2D eigenvalue weighted by atomic mass is 10.1. The van der Waals surface area contributed by atoms with E-state index in [1.54, 1.807) is 116 Å². The number of aromatic nitrogens is 6. The second kappa shape index (κ2) is 20.6. The monoisotopic (exact) mass is 1140 g/mol. The number of anilines is 1. The fourth-order valence-corrected chi connectivity index (χ4v) is 10.7. The third-order valence-corrected chi connectivity index (χ3v) is 15.5. The Balaban J connectivity index is 0.000000216. The maximum Gasteiger partial charge on any atom is 0.419 e. The molecule has 384 valence electrons. The van der Waals surface area contributed by atoms with Crippen LogP contribution in [0.5, 0.6) is 0 Å². The topological polar surface area (TPSA) is 221 Å². The van der Waals surface area contributed by atoms with Crippen LogP contribution in [-0.2, 0) is 33.9 Å². The molecule has 17 nitrogen and oxygen atoms in total. The number of aryl methyl sites for hydroxylation is 2. The van der Waals surface area contributed by atoms with Gasteiger partial charge in [-0.05, 0) is 122 Å². The van der Waals surface area contributed by atoms with Crippen LogP contribution in [0.15, 0.2) is 87.3 Å². The van der Waals surface area contributed by atoms with Gasteiger partial charge in [0.1, 0.15) is 45.0 Å². The van der Waals surface area contributed by atoms with Gasteiger partial charge in [-0.2, -0.15) is 0 Å². The first-order valence-electron chi connectivity index (χ1n) is 22.8. The largest absolute Gasteiger partial charge is 0.450 e. The van der Waals surface area contributed by atoms with Gasteiger partial charge in [0, 0.05) is 33.3 Å². The highest BCUT2D eigenvalue weighted by Crippen LogP contribution is 2.43. The van der Waals surface area contributed by atoms with E-state index in [1.807, 2.05) is 19.9 Å². The van der Waals surface area contributed by atoms with E-state index in [1.165, 1.54) is 22.1 Å². The van der Waals surface area contributed by atoms with E-state index in [0.29, 0.717) is 49.6 Å². The zero-order chi connectivity index (χ0) is 53.7. The third-order valence-electron chi connectivity index (χ3n) is 10.8. The van der Waals surface area contributed by atoms with E-state index in [2.05, 4.69) is 41.2 Å². The molecule has 2 aromatic carbocycles. The van der Waals surface area contributed by atoms with Crippen LogP contribution in [-0.4, -0.2) is 93.5 Å². The summed E-state index contributed by atoms with van der Waals surface area (Å²) in [7, 11) is -7.58. The van der Waals surface area contributed by atoms with E-state index >= 15 is 0 Å². The van der Waals surface area contributed by atoms with Gasteiger partial charge in [-0.3, -0.25) is 15.3 Å². The highest BCUT2D eigenvalue weighted by Gasteiger charge is 2.34. The van der Waals surface area contributed by atoms with Crippen LogP contribution in [0.1, 0.15) is 73.4 Å². The minimum absolute atomic E-state index is 0.0175. The van der Waals surface area contributed by atoms with Gasteiger partial charge >= 0.3 is 18.3 Å². The SMILES string of the molecule is CCOC(=O)Nc1ccc2cc(S(=O)(=O)CC)c(-c3c(Cl)c4ncc(C)cc4n3C(=O)OC(C)(C)C)nc2c1.CCS(=O)(=O)c1cc2ccc(Br)cc2nc1-c1c(Cl)c2ncc(C)cc2n1C(=O)OC(C)(C)C. The Kier molecular flexibility index (Phi) is 15.4. The van der Waals surface area contributed by atoms with Crippen LogP contribution in [0, 0.1) is 13.8 Å². The van der Waals surface area contributed by atoms with Gasteiger partial charge in [0.05, 0.1) is 60.0 Å². The maximum absolute atomic E-state index is 13.5. The number of carbonyl (C=O) groups excluding carboxylic acids is 3. The molecule has 0 unspecified atom stereocenters. The Labute approximate surface area is 440 Å². The van der Waals surface area contributed by atoms with Crippen molar-refractivity contribution < 1.29 is 45.4 Å². The van der Waals surface area contributed by atoms with Crippen LogP contribution in [0.2, 0.25) is 10.0 Å². The molecule has 0 fully saturated rings. The number of hydrogen-bond donors (Lipinski definition) is 1. The molecule has 73 heavy (non-hydrogen) atoms. The predicted molar refractivity (Wildman–Crippen MR) is 287 cm³/mol. The number of pyridine rings is 4. The number of carbonyl (C=O) groups is 3. The molecular weight excluding hydrogens is 1090 g/mol. The summed E-state index contributed by atoms with van der Waals surface area (Å²) in [6, 6.07) is 16.7. The summed E-state index contributed by atoms with van der Waals surface area (Å²) in [6.45, 7) is 19.0. The molecule has 6 heterocycles. The summed E-state index contributed by atoms with van der Waals surface area (Å²) in [5.41, 5.74) is 2.80. The Morgan fingerprint density at radius 2 is 1.07 bits per heavy atom. The summed E-state index contributed by atoms with van der Waals surface area (Å²) in [4.78, 5) is 57.0. The number of ether oxygens (including phenoxy) is 3. The Morgan fingerprint density at radius 3 is 1.48 bits per heavy atom. The standard InChI is InChI=1S/C27H29ClN4O6S.C24H23BrClN3O4S/c1-7-37-25(33)30-17-10-9-16-12-20(39(35,36)8-2)23(31-18(16)13-17)24-21(28)22-19(11-15(3)14-29-22)32(24)26(34)38-27(4,5)6;1-6-34(31,32)18-10-14-7-8-15(25)11-16(14)28-21(18)22-19(26)20-17(9-13(2)12-27-20)29(22)23(30)33-24(3,4)5/h9-14H,7-8H2,1-6H3,(H,30,33);7-12H,6H2,1-5H3. The quantitative estimate of drug-likeness (QED) is 0.140. The number of hydrogen-bond acceptors (Lipinski definition) is 14. The molecule has 22 heteroatoms. The van der Waals surface area contributed by atoms with E-state index in [4.69, 9.17) is 37.4 Å². The van der Waals surface area contributed by atoms with Crippen molar-refractivity contribution in [3.05, 3.63) is 98.7 Å². The van der Waals surface area contributed by atoms with E-state index in [9.17, 15) is 31.2 Å². The van der Waals surface area contributed by atoms with Crippen LogP contribution in [0.4, 0.5) is 20.1 Å². The molecule has 0 radical (unpaired) electrons. The van der Waals surface area contributed by atoms with Crippen LogP contribution >= 0.6 is 39.1 Å². The summed E-state index contributed by atoms with van der Waals surface area (Å²) in [5, 5.41) is 3.93. The van der Waals surface area contributed by atoms with Gasteiger partial charge in [-0.25, -0.2) is 50.3 Å². The number of halogens is 3. The number of sulfone groups is 2. The normalized spacial score (nSPS) is 12.2. The smallest absolute Gasteiger partial charge is 0.419 e. The molecule has 8 rings (SSSR count). The average molecular weight is 1140 g/mol.